The van der Waals surface area contributed by atoms with Gasteiger partial charge in [-0.15, -0.1) is 0 Å². The molecule has 0 fully saturated rings. The van der Waals surface area contributed by atoms with Gasteiger partial charge >= 0.3 is 22.4 Å². The zero-order chi connectivity index (χ0) is 31.2. The van der Waals surface area contributed by atoms with E-state index in [1.807, 2.05) is 0 Å². The maximum Gasteiger partial charge on any atom is 0.308 e. The first-order valence-electron chi connectivity index (χ1n) is 15.2. The first-order valence-corrected chi connectivity index (χ1v) is 15.9. The Morgan fingerprint density at radius 2 is 0.867 bits per heavy atom. The Balaban J connectivity index is 1.59. The first kappa shape index (κ1) is 32.1. The van der Waals surface area contributed by atoms with Crippen molar-refractivity contribution in [1.82, 2.24) is 0 Å². The highest BCUT2D eigenvalue weighted by Gasteiger charge is 2.52. The number of fused-ring (bicyclic) bond motifs is 10. The number of benzene rings is 4. The maximum absolute atomic E-state index is 9.31. The average Bonchev–Trinajstić information content (AvgIpc) is 3.51. The van der Waals surface area contributed by atoms with E-state index in [1.54, 1.807) is 0 Å². The van der Waals surface area contributed by atoms with Crippen molar-refractivity contribution in [2.75, 3.05) is 52.9 Å². The molecule has 12 heteroatoms. The zero-order valence-corrected chi connectivity index (χ0v) is 25.9. The summed E-state index contributed by atoms with van der Waals surface area (Å²) < 4.78 is 22.9. The standard InChI is InChI=1S/C33H35B3O8S/c37-9-13-41-34-21-1-5-25-26-6-2-22(35-42-14-10-38)18-30(26)33(29(25)17-21)31-19-23(36-43-15-11-39)3-7-27(31)28-8-4-24(20-32(28)33)45-44-16-12-40/h1-8,17-20,34-40H,9-16H2. The Hall–Kier alpha value is -2.90. The summed E-state index contributed by atoms with van der Waals surface area (Å²) in [4.78, 5) is 0.931. The summed E-state index contributed by atoms with van der Waals surface area (Å²) >= 11 is 1.25. The van der Waals surface area contributed by atoms with E-state index in [4.69, 9.17) is 18.1 Å². The smallest absolute Gasteiger partial charge is 0.308 e. The molecule has 2 aliphatic rings. The topological polar surface area (TPSA) is 118 Å². The van der Waals surface area contributed by atoms with Crippen LogP contribution in [0, 0.1) is 0 Å². The van der Waals surface area contributed by atoms with Crippen molar-refractivity contribution in [3.8, 4) is 22.3 Å². The van der Waals surface area contributed by atoms with Crippen molar-refractivity contribution in [3.05, 3.63) is 95.1 Å². The number of hydrogen-bond donors (Lipinski definition) is 4. The third-order valence-electron chi connectivity index (χ3n) is 8.28. The van der Waals surface area contributed by atoms with E-state index >= 15 is 0 Å². The third kappa shape index (κ3) is 6.15. The third-order valence-corrected chi connectivity index (χ3v) is 9.01. The SMILES string of the molecule is OCCOBc1ccc2c(c1)C1(c3cc(BOCCO)ccc3-2)c2cc(BOCCO)ccc2-c2ccc(SOCCO)cc21. The van der Waals surface area contributed by atoms with Gasteiger partial charge in [-0.25, -0.2) is 0 Å². The molecular formula is C33H35B3O8S. The molecule has 0 atom stereocenters. The van der Waals surface area contributed by atoms with Gasteiger partial charge in [-0.1, -0.05) is 77.1 Å². The predicted octanol–water partition coefficient (Wildman–Crippen LogP) is 0.00320. The lowest BCUT2D eigenvalue weighted by Crippen LogP contribution is -2.31. The Bertz CT molecular complexity index is 1410. The van der Waals surface area contributed by atoms with E-state index in [2.05, 4.69) is 72.8 Å². The van der Waals surface area contributed by atoms with Crippen LogP contribution in [0.25, 0.3) is 22.3 Å². The fourth-order valence-corrected chi connectivity index (χ4v) is 7.16. The van der Waals surface area contributed by atoms with Gasteiger partial charge < -0.3 is 38.6 Å². The van der Waals surface area contributed by atoms with E-state index < -0.39 is 5.41 Å². The molecule has 8 nitrogen and oxygen atoms in total. The molecule has 0 bridgehead atoms. The van der Waals surface area contributed by atoms with Crippen molar-refractivity contribution in [2.24, 2.45) is 0 Å². The molecule has 0 radical (unpaired) electrons. The molecule has 45 heavy (non-hydrogen) atoms. The predicted molar refractivity (Wildman–Crippen MR) is 181 cm³/mol. The van der Waals surface area contributed by atoms with Crippen LogP contribution in [-0.4, -0.2) is 95.7 Å². The molecule has 0 unspecified atom stereocenters. The van der Waals surface area contributed by atoms with E-state index in [1.165, 1.54) is 12.0 Å². The fraction of sp³-hybridized carbons (Fsp3) is 0.273. The molecule has 0 amide bonds. The van der Waals surface area contributed by atoms with Gasteiger partial charge in [-0.2, -0.15) is 0 Å². The second-order valence-corrected chi connectivity index (χ2v) is 11.9. The molecule has 0 saturated heterocycles. The summed E-state index contributed by atoms with van der Waals surface area (Å²) in [6.07, 6.45) is 0. The highest BCUT2D eigenvalue weighted by atomic mass is 32.2. The molecule has 2 aliphatic carbocycles. The molecule has 230 valence electrons. The van der Waals surface area contributed by atoms with Crippen LogP contribution in [0.1, 0.15) is 22.3 Å². The summed E-state index contributed by atoms with van der Waals surface area (Å²) in [5, 5.41) is 37.2. The van der Waals surface area contributed by atoms with Crippen LogP contribution in [0.5, 0.6) is 0 Å². The average molecular weight is 624 g/mol. The van der Waals surface area contributed by atoms with E-state index in [9.17, 15) is 20.4 Å². The molecule has 0 aliphatic heterocycles. The van der Waals surface area contributed by atoms with Gasteiger partial charge in [0.1, 0.15) is 0 Å². The Labute approximate surface area is 269 Å². The molecule has 4 N–H and O–H groups in total. The van der Waals surface area contributed by atoms with Crippen molar-refractivity contribution in [1.29, 1.82) is 0 Å². The van der Waals surface area contributed by atoms with Gasteiger partial charge in [0, 0.05) is 16.9 Å². The Morgan fingerprint density at radius 3 is 1.27 bits per heavy atom. The molecule has 4 aromatic rings. The molecule has 0 aromatic heterocycles. The minimum absolute atomic E-state index is 0.0396. The van der Waals surface area contributed by atoms with Crippen LogP contribution in [0.3, 0.4) is 0 Å². The Morgan fingerprint density at radius 1 is 0.489 bits per heavy atom. The molecule has 6 rings (SSSR count). The quantitative estimate of drug-likeness (QED) is 0.0672. The number of rotatable bonds is 16. The van der Waals surface area contributed by atoms with E-state index in [-0.39, 0.29) is 52.9 Å². The van der Waals surface area contributed by atoms with Gasteiger partial charge in [0.2, 0.25) is 0 Å². The minimum atomic E-state index is -0.671. The van der Waals surface area contributed by atoms with Gasteiger partial charge in [-0.3, -0.25) is 0 Å². The second-order valence-electron chi connectivity index (χ2n) is 11.1. The monoisotopic (exact) mass is 624 g/mol. The van der Waals surface area contributed by atoms with Gasteiger partial charge in [0.05, 0.1) is 58.3 Å². The van der Waals surface area contributed by atoms with Crippen molar-refractivity contribution >= 4 is 50.9 Å². The van der Waals surface area contributed by atoms with Crippen molar-refractivity contribution in [3.63, 3.8) is 0 Å². The van der Waals surface area contributed by atoms with E-state index in [0.29, 0.717) is 22.4 Å². The lowest BCUT2D eigenvalue weighted by atomic mass is 9.67. The second kappa shape index (κ2) is 14.7. The number of hydrogen-bond acceptors (Lipinski definition) is 9. The van der Waals surface area contributed by atoms with Crippen LogP contribution < -0.4 is 16.4 Å². The first-order chi connectivity index (χ1) is 22.1. The van der Waals surface area contributed by atoms with Crippen LogP contribution >= 0.6 is 12.0 Å². The van der Waals surface area contributed by atoms with Gasteiger partial charge in [0.25, 0.3) is 0 Å². The van der Waals surface area contributed by atoms with Crippen LogP contribution in [-0.2, 0) is 23.6 Å². The van der Waals surface area contributed by atoms with Crippen LogP contribution in [0.2, 0.25) is 0 Å². The van der Waals surface area contributed by atoms with Crippen LogP contribution in [0.4, 0.5) is 0 Å². The molecule has 0 saturated carbocycles. The highest BCUT2D eigenvalue weighted by molar-refractivity contribution is 7.94. The fourth-order valence-electron chi connectivity index (χ4n) is 6.58. The number of aliphatic hydroxyl groups excluding tert-OH is 4. The summed E-state index contributed by atoms with van der Waals surface area (Å²) in [6, 6.07) is 25.8. The van der Waals surface area contributed by atoms with E-state index in [0.717, 1.165) is 65.8 Å². The Kier molecular flexibility index (Phi) is 10.5. The minimum Gasteiger partial charge on any atom is -0.432 e. The van der Waals surface area contributed by atoms with Gasteiger partial charge in [-0.05, 0) is 56.6 Å². The summed E-state index contributed by atoms with van der Waals surface area (Å²) in [5.74, 6) is 0. The van der Waals surface area contributed by atoms with Crippen LogP contribution in [0.15, 0.2) is 77.7 Å². The summed E-state index contributed by atoms with van der Waals surface area (Å²) in [7, 11) is 1.13. The molecule has 0 heterocycles. The van der Waals surface area contributed by atoms with Crippen molar-refractivity contribution in [2.45, 2.75) is 10.3 Å². The summed E-state index contributed by atoms with van der Waals surface area (Å²) in [5.41, 5.74) is 11.4. The lowest BCUT2D eigenvalue weighted by Gasteiger charge is -2.31. The number of aliphatic hydroxyl groups is 4. The molecule has 4 aromatic carbocycles. The molecular weight excluding hydrogens is 589 g/mol. The lowest BCUT2D eigenvalue weighted by molar-refractivity contribution is 0.209. The van der Waals surface area contributed by atoms with Gasteiger partial charge in [0.15, 0.2) is 0 Å². The largest absolute Gasteiger partial charge is 0.432 e. The maximum atomic E-state index is 9.31. The summed E-state index contributed by atoms with van der Waals surface area (Å²) in [6.45, 7) is 0.832. The highest BCUT2D eigenvalue weighted by Crippen LogP contribution is 2.62. The molecule has 1 spiro atoms. The zero-order valence-electron chi connectivity index (χ0n) is 25.0. The normalized spacial score (nSPS) is 13.3. The van der Waals surface area contributed by atoms with Crippen molar-refractivity contribution < 1.29 is 38.6 Å².